The average Bonchev–Trinajstić information content (AvgIpc) is 3.79. The molecule has 276 valence electrons. The van der Waals surface area contributed by atoms with Gasteiger partial charge in [0.1, 0.15) is 17.5 Å². The summed E-state index contributed by atoms with van der Waals surface area (Å²) in [5, 5.41) is 15.9. The standard InChI is InChI=1S/C39H41ClFN7O5/c1-22(2)35-44-43-32-21-46(18-19-47(32)35)30-11-7-8-26-25(30)16-17-48(37(50)31-20-29(45-53-31)27-9-6-10-28(40)33(27)41)34(26)36(49)42-24-14-12-23(13-15-24)38(51)52-39(3,4)5/h6-15,22,31,34H,16-21H2,1-5H3,(H,42,49)/t31-,34-/m0/s1. The molecule has 0 bridgehead atoms. The molecule has 7 rings (SSSR count). The molecule has 4 heterocycles. The van der Waals surface area contributed by atoms with E-state index in [2.05, 4.69) is 44.0 Å². The zero-order chi connectivity index (χ0) is 37.6. The zero-order valence-corrected chi connectivity index (χ0v) is 31.0. The number of amides is 2. The van der Waals surface area contributed by atoms with Crippen LogP contribution < -0.4 is 10.2 Å². The summed E-state index contributed by atoms with van der Waals surface area (Å²) in [7, 11) is 0. The maximum absolute atomic E-state index is 14.9. The Morgan fingerprint density at radius 3 is 2.49 bits per heavy atom. The first-order valence-corrected chi connectivity index (χ1v) is 18.1. The molecule has 2 amide bonds. The van der Waals surface area contributed by atoms with Gasteiger partial charge in [0.15, 0.2) is 11.6 Å². The fourth-order valence-electron chi connectivity index (χ4n) is 7.10. The minimum absolute atomic E-state index is 0.00673. The van der Waals surface area contributed by atoms with Crippen molar-refractivity contribution < 1.29 is 28.3 Å². The number of fused-ring (bicyclic) bond motifs is 2. The van der Waals surface area contributed by atoms with Crippen LogP contribution in [0.3, 0.4) is 0 Å². The quantitative estimate of drug-likeness (QED) is 0.215. The fraction of sp³-hybridized carbons (Fsp3) is 0.385. The number of esters is 1. The van der Waals surface area contributed by atoms with Crippen LogP contribution in [0.25, 0.3) is 0 Å². The second-order valence-corrected chi connectivity index (χ2v) is 15.1. The molecule has 3 aliphatic rings. The lowest BCUT2D eigenvalue weighted by Gasteiger charge is -2.40. The number of nitrogens with one attached hydrogen (secondary N) is 1. The van der Waals surface area contributed by atoms with E-state index in [0.29, 0.717) is 29.8 Å². The largest absolute Gasteiger partial charge is 0.456 e. The SMILES string of the molecule is CC(C)c1nnc2n1CCN(c1cccc3c1CCN(C(=O)[C@@H]1CC(c4cccc(Cl)c4F)=NO1)[C@@H]3C(=O)Nc1ccc(C(=O)OC(C)(C)C)cc1)C2. The topological polar surface area (TPSA) is 131 Å². The van der Waals surface area contributed by atoms with Gasteiger partial charge in [0.25, 0.3) is 11.8 Å². The summed E-state index contributed by atoms with van der Waals surface area (Å²) in [5.74, 6) is 0.0667. The summed E-state index contributed by atoms with van der Waals surface area (Å²) in [4.78, 5) is 50.6. The van der Waals surface area contributed by atoms with E-state index in [0.717, 1.165) is 36.0 Å². The van der Waals surface area contributed by atoms with Crippen molar-refractivity contribution in [2.45, 2.75) is 84.2 Å². The molecule has 0 fully saturated rings. The molecule has 14 heteroatoms. The fourth-order valence-corrected chi connectivity index (χ4v) is 7.27. The zero-order valence-electron chi connectivity index (χ0n) is 30.2. The second kappa shape index (κ2) is 14.3. The highest BCUT2D eigenvalue weighted by atomic mass is 35.5. The van der Waals surface area contributed by atoms with Crippen LogP contribution in [0.1, 0.15) is 91.7 Å². The van der Waals surface area contributed by atoms with Gasteiger partial charge in [-0.3, -0.25) is 9.59 Å². The third-order valence-electron chi connectivity index (χ3n) is 9.56. The Hall–Kier alpha value is -5.30. The molecule has 0 unspecified atom stereocenters. The smallest absolute Gasteiger partial charge is 0.338 e. The van der Waals surface area contributed by atoms with Crippen molar-refractivity contribution >= 4 is 46.5 Å². The first-order chi connectivity index (χ1) is 25.3. The van der Waals surface area contributed by atoms with Gasteiger partial charge >= 0.3 is 5.97 Å². The van der Waals surface area contributed by atoms with E-state index in [4.69, 9.17) is 21.2 Å². The molecule has 1 aromatic heterocycles. The van der Waals surface area contributed by atoms with E-state index in [1.165, 1.54) is 17.0 Å². The molecule has 0 radical (unpaired) electrons. The van der Waals surface area contributed by atoms with Gasteiger partial charge in [-0.15, -0.1) is 10.2 Å². The highest BCUT2D eigenvalue weighted by Crippen LogP contribution is 2.39. The van der Waals surface area contributed by atoms with Gasteiger partial charge in [0.2, 0.25) is 6.10 Å². The van der Waals surface area contributed by atoms with Crippen molar-refractivity contribution in [1.82, 2.24) is 19.7 Å². The molecule has 3 aromatic carbocycles. The second-order valence-electron chi connectivity index (χ2n) is 14.7. The Morgan fingerprint density at radius 2 is 1.75 bits per heavy atom. The van der Waals surface area contributed by atoms with Crippen LogP contribution in [0, 0.1) is 5.82 Å². The molecule has 0 aliphatic carbocycles. The van der Waals surface area contributed by atoms with E-state index < -0.39 is 41.3 Å². The van der Waals surface area contributed by atoms with Crippen LogP contribution in [0.4, 0.5) is 15.8 Å². The summed E-state index contributed by atoms with van der Waals surface area (Å²) in [5.41, 5.74) is 3.14. The molecule has 0 saturated heterocycles. The van der Waals surface area contributed by atoms with Crippen LogP contribution in [0.15, 0.2) is 65.8 Å². The Balaban J connectivity index is 1.18. The van der Waals surface area contributed by atoms with Crippen molar-refractivity contribution in [2.24, 2.45) is 5.16 Å². The minimum Gasteiger partial charge on any atom is -0.456 e. The molecule has 0 spiro atoms. The molecular formula is C39H41ClFN7O5. The normalized spacial score (nSPS) is 18.2. The first kappa shape index (κ1) is 36.1. The van der Waals surface area contributed by atoms with E-state index >= 15 is 0 Å². The van der Waals surface area contributed by atoms with Crippen molar-refractivity contribution in [1.29, 1.82) is 0 Å². The average molecular weight is 742 g/mol. The summed E-state index contributed by atoms with van der Waals surface area (Å²) >= 11 is 6.01. The third kappa shape index (κ3) is 7.22. The van der Waals surface area contributed by atoms with Crippen molar-refractivity contribution in [2.75, 3.05) is 23.3 Å². The van der Waals surface area contributed by atoms with Crippen LogP contribution >= 0.6 is 11.6 Å². The number of oxime groups is 1. The van der Waals surface area contributed by atoms with Gasteiger partial charge in [-0.25, -0.2) is 9.18 Å². The van der Waals surface area contributed by atoms with Gasteiger partial charge in [-0.05, 0) is 80.8 Å². The van der Waals surface area contributed by atoms with Crippen molar-refractivity contribution in [3.8, 4) is 0 Å². The van der Waals surface area contributed by atoms with E-state index in [1.54, 1.807) is 51.1 Å². The predicted molar refractivity (Wildman–Crippen MR) is 197 cm³/mol. The van der Waals surface area contributed by atoms with Gasteiger partial charge in [-0.2, -0.15) is 0 Å². The molecule has 4 aromatic rings. The Bertz CT molecular complexity index is 2110. The third-order valence-corrected chi connectivity index (χ3v) is 9.85. The van der Waals surface area contributed by atoms with Gasteiger partial charge in [0, 0.05) is 48.9 Å². The summed E-state index contributed by atoms with van der Waals surface area (Å²) in [6.45, 7) is 11.8. The van der Waals surface area contributed by atoms with Crippen molar-refractivity contribution in [3.63, 3.8) is 0 Å². The molecule has 2 atom stereocenters. The molecular weight excluding hydrogens is 701 g/mol. The van der Waals surface area contributed by atoms with E-state index in [-0.39, 0.29) is 35.2 Å². The monoisotopic (exact) mass is 741 g/mol. The summed E-state index contributed by atoms with van der Waals surface area (Å²) in [6.07, 6.45) is -0.581. The molecule has 0 saturated carbocycles. The van der Waals surface area contributed by atoms with Crippen LogP contribution in [0.5, 0.6) is 0 Å². The number of carbonyl (C=O) groups excluding carboxylic acids is 3. The Kier molecular flexibility index (Phi) is 9.71. The lowest BCUT2D eigenvalue weighted by Crippen LogP contribution is -2.49. The van der Waals surface area contributed by atoms with Crippen LogP contribution in [0.2, 0.25) is 5.02 Å². The van der Waals surface area contributed by atoms with Gasteiger partial charge in [-0.1, -0.05) is 48.8 Å². The highest BCUT2D eigenvalue weighted by molar-refractivity contribution is 6.31. The summed E-state index contributed by atoms with van der Waals surface area (Å²) < 4.78 is 22.5. The number of halogens is 2. The number of rotatable bonds is 7. The Labute approximate surface area is 311 Å². The number of carbonyl (C=O) groups is 3. The van der Waals surface area contributed by atoms with E-state index in [1.807, 2.05) is 18.2 Å². The highest BCUT2D eigenvalue weighted by Gasteiger charge is 2.43. The summed E-state index contributed by atoms with van der Waals surface area (Å²) in [6, 6.07) is 15.8. The van der Waals surface area contributed by atoms with E-state index in [9.17, 15) is 18.8 Å². The minimum atomic E-state index is -1.07. The number of benzene rings is 3. The maximum atomic E-state index is 14.9. The van der Waals surface area contributed by atoms with Crippen molar-refractivity contribution in [3.05, 3.63) is 105 Å². The maximum Gasteiger partial charge on any atom is 0.338 e. The molecule has 3 aliphatic heterocycles. The number of nitrogens with zero attached hydrogens (tertiary/aromatic N) is 6. The predicted octanol–water partition coefficient (Wildman–Crippen LogP) is 6.43. The molecule has 1 N–H and O–H groups in total. The van der Waals surface area contributed by atoms with Crippen LogP contribution in [-0.4, -0.2) is 68.0 Å². The number of hydrogen-bond donors (Lipinski definition) is 1. The number of hydrogen-bond acceptors (Lipinski definition) is 9. The Morgan fingerprint density at radius 1 is 1.00 bits per heavy atom. The number of anilines is 2. The lowest BCUT2D eigenvalue weighted by molar-refractivity contribution is -0.148. The molecule has 53 heavy (non-hydrogen) atoms. The number of ether oxygens (including phenoxy) is 1. The molecule has 12 nitrogen and oxygen atoms in total. The van der Waals surface area contributed by atoms with Gasteiger partial charge in [0.05, 0.1) is 22.8 Å². The first-order valence-electron chi connectivity index (χ1n) is 17.7. The van der Waals surface area contributed by atoms with Crippen LogP contribution in [-0.2, 0) is 38.7 Å². The lowest BCUT2D eigenvalue weighted by atomic mass is 9.89. The van der Waals surface area contributed by atoms with Gasteiger partial charge < -0.3 is 29.3 Å². The number of aromatic nitrogens is 3.